The first-order chi connectivity index (χ1) is 12.6. The van der Waals surface area contributed by atoms with E-state index in [1.165, 1.54) is 0 Å². The standard InChI is InChI=1S/C18H24N4O3S/c1-3-25-18(24)22-10-8-13(9-11-22)19-17(23)21(2)12-16-20-14-6-4-5-7-15(14)26-16/h4-7,13H,3,8-12H2,1-2H3,(H,19,23). The fourth-order valence-electron chi connectivity index (χ4n) is 2.97. The van der Waals surface area contributed by atoms with E-state index in [-0.39, 0.29) is 18.2 Å². The zero-order valence-electron chi connectivity index (χ0n) is 15.1. The summed E-state index contributed by atoms with van der Waals surface area (Å²) in [6, 6.07) is 7.93. The number of hydrogen-bond acceptors (Lipinski definition) is 5. The van der Waals surface area contributed by atoms with Crippen LogP contribution in [-0.2, 0) is 11.3 Å². The summed E-state index contributed by atoms with van der Waals surface area (Å²) in [4.78, 5) is 32.1. The number of urea groups is 1. The van der Waals surface area contributed by atoms with E-state index in [0.717, 1.165) is 28.1 Å². The normalized spacial score (nSPS) is 15.1. The number of para-hydroxylation sites is 1. The molecule has 0 aliphatic carbocycles. The van der Waals surface area contributed by atoms with Gasteiger partial charge in [-0.05, 0) is 31.9 Å². The zero-order chi connectivity index (χ0) is 18.5. The lowest BCUT2D eigenvalue weighted by Gasteiger charge is -2.32. The largest absolute Gasteiger partial charge is 0.450 e. The molecule has 2 heterocycles. The summed E-state index contributed by atoms with van der Waals surface area (Å²) in [5, 5.41) is 3.97. The van der Waals surface area contributed by atoms with Gasteiger partial charge in [0.2, 0.25) is 0 Å². The Morgan fingerprint density at radius 2 is 2.08 bits per heavy atom. The SMILES string of the molecule is CCOC(=O)N1CCC(NC(=O)N(C)Cc2nc3ccccc3s2)CC1. The number of carbonyl (C=O) groups is 2. The van der Waals surface area contributed by atoms with Gasteiger partial charge in [-0.2, -0.15) is 0 Å². The number of hydrogen-bond donors (Lipinski definition) is 1. The predicted octanol–water partition coefficient (Wildman–Crippen LogP) is 3.06. The van der Waals surface area contributed by atoms with E-state index in [9.17, 15) is 9.59 Å². The Morgan fingerprint density at radius 3 is 2.77 bits per heavy atom. The minimum absolute atomic E-state index is 0.0750. The molecule has 2 aromatic rings. The average Bonchev–Trinajstić information content (AvgIpc) is 3.04. The van der Waals surface area contributed by atoms with Crippen LogP contribution in [0.25, 0.3) is 10.2 Å². The number of benzene rings is 1. The first kappa shape index (κ1) is 18.4. The maximum atomic E-state index is 12.4. The average molecular weight is 376 g/mol. The Balaban J connectivity index is 1.48. The first-order valence-corrected chi connectivity index (χ1v) is 9.66. The van der Waals surface area contributed by atoms with E-state index in [0.29, 0.717) is 26.2 Å². The van der Waals surface area contributed by atoms with Crippen LogP contribution < -0.4 is 5.32 Å². The van der Waals surface area contributed by atoms with Crippen molar-refractivity contribution in [1.29, 1.82) is 0 Å². The molecule has 0 radical (unpaired) electrons. The van der Waals surface area contributed by atoms with Gasteiger partial charge in [0.25, 0.3) is 0 Å². The van der Waals surface area contributed by atoms with Crippen LogP contribution in [0.15, 0.2) is 24.3 Å². The Hall–Kier alpha value is -2.35. The van der Waals surface area contributed by atoms with Crippen molar-refractivity contribution in [2.45, 2.75) is 32.4 Å². The molecule has 3 amide bonds. The summed E-state index contributed by atoms with van der Waals surface area (Å²) >= 11 is 1.61. The van der Waals surface area contributed by atoms with Crippen molar-refractivity contribution in [2.24, 2.45) is 0 Å². The van der Waals surface area contributed by atoms with E-state index in [1.54, 1.807) is 35.1 Å². The van der Waals surface area contributed by atoms with Gasteiger partial charge in [-0.1, -0.05) is 12.1 Å². The number of piperidine rings is 1. The van der Waals surface area contributed by atoms with Gasteiger partial charge >= 0.3 is 12.1 Å². The van der Waals surface area contributed by atoms with E-state index in [1.807, 2.05) is 24.3 Å². The minimum Gasteiger partial charge on any atom is -0.450 e. The number of fused-ring (bicyclic) bond motifs is 1. The number of nitrogens with zero attached hydrogens (tertiary/aromatic N) is 3. The summed E-state index contributed by atoms with van der Waals surface area (Å²) in [7, 11) is 1.77. The van der Waals surface area contributed by atoms with E-state index in [4.69, 9.17) is 4.74 Å². The van der Waals surface area contributed by atoms with E-state index < -0.39 is 0 Å². The molecule has 0 saturated carbocycles. The van der Waals surface area contributed by atoms with Gasteiger partial charge in [-0.3, -0.25) is 0 Å². The van der Waals surface area contributed by atoms with Crippen LogP contribution in [0.2, 0.25) is 0 Å². The quantitative estimate of drug-likeness (QED) is 0.890. The third-order valence-electron chi connectivity index (χ3n) is 4.41. The number of carbonyl (C=O) groups excluding carboxylic acids is 2. The van der Waals surface area contributed by atoms with Crippen molar-refractivity contribution >= 4 is 33.7 Å². The van der Waals surface area contributed by atoms with Gasteiger partial charge in [0, 0.05) is 26.2 Å². The molecule has 0 spiro atoms. The highest BCUT2D eigenvalue weighted by Gasteiger charge is 2.25. The fourth-order valence-corrected chi connectivity index (χ4v) is 3.99. The molecule has 26 heavy (non-hydrogen) atoms. The highest BCUT2D eigenvalue weighted by molar-refractivity contribution is 7.18. The van der Waals surface area contributed by atoms with Gasteiger partial charge < -0.3 is 19.9 Å². The van der Waals surface area contributed by atoms with Crippen LogP contribution in [0, 0.1) is 0 Å². The van der Waals surface area contributed by atoms with Crippen LogP contribution in [0.5, 0.6) is 0 Å². The van der Waals surface area contributed by atoms with E-state index >= 15 is 0 Å². The van der Waals surface area contributed by atoms with Crippen LogP contribution in [0.3, 0.4) is 0 Å². The number of aromatic nitrogens is 1. The smallest absolute Gasteiger partial charge is 0.409 e. The number of likely N-dealkylation sites (tertiary alicyclic amines) is 1. The second kappa shape index (κ2) is 8.35. The van der Waals surface area contributed by atoms with Crippen LogP contribution in [0.4, 0.5) is 9.59 Å². The van der Waals surface area contributed by atoms with E-state index in [2.05, 4.69) is 10.3 Å². The van der Waals surface area contributed by atoms with Gasteiger partial charge in [0.05, 0.1) is 23.4 Å². The third kappa shape index (κ3) is 4.43. The Morgan fingerprint density at radius 1 is 1.35 bits per heavy atom. The Labute approximate surface area is 156 Å². The molecule has 7 nitrogen and oxygen atoms in total. The molecule has 1 aliphatic heterocycles. The minimum atomic E-state index is -0.273. The second-order valence-corrected chi connectivity index (χ2v) is 7.46. The predicted molar refractivity (Wildman–Crippen MR) is 101 cm³/mol. The van der Waals surface area contributed by atoms with Gasteiger partial charge in [-0.25, -0.2) is 14.6 Å². The van der Waals surface area contributed by atoms with Crippen molar-refractivity contribution in [3.8, 4) is 0 Å². The van der Waals surface area contributed by atoms with Crippen molar-refractivity contribution in [1.82, 2.24) is 20.1 Å². The molecular formula is C18H24N4O3S. The van der Waals surface area contributed by atoms with Crippen molar-refractivity contribution in [3.63, 3.8) is 0 Å². The molecule has 1 N–H and O–H groups in total. The molecule has 1 aliphatic rings. The molecular weight excluding hydrogens is 352 g/mol. The third-order valence-corrected chi connectivity index (χ3v) is 5.43. The number of nitrogens with one attached hydrogen (secondary N) is 1. The number of rotatable bonds is 4. The topological polar surface area (TPSA) is 74.8 Å². The Kier molecular flexibility index (Phi) is 5.92. The van der Waals surface area contributed by atoms with Crippen molar-refractivity contribution in [2.75, 3.05) is 26.7 Å². The number of thiazole rings is 1. The number of ether oxygens (including phenoxy) is 1. The summed E-state index contributed by atoms with van der Waals surface area (Å²) in [6.45, 7) is 3.86. The van der Waals surface area contributed by atoms with Crippen molar-refractivity contribution in [3.05, 3.63) is 29.3 Å². The molecule has 140 valence electrons. The van der Waals surface area contributed by atoms with Crippen LogP contribution in [-0.4, -0.2) is 59.7 Å². The molecule has 1 aromatic carbocycles. The van der Waals surface area contributed by atoms with Gasteiger partial charge in [0.15, 0.2) is 0 Å². The molecule has 0 unspecified atom stereocenters. The molecule has 3 rings (SSSR count). The Bertz CT molecular complexity index is 738. The summed E-state index contributed by atoms with van der Waals surface area (Å²) in [5.41, 5.74) is 0.965. The number of amides is 3. The maximum absolute atomic E-state index is 12.4. The zero-order valence-corrected chi connectivity index (χ0v) is 15.9. The lowest BCUT2D eigenvalue weighted by Crippen LogP contribution is -2.49. The lowest BCUT2D eigenvalue weighted by molar-refractivity contribution is 0.0952. The van der Waals surface area contributed by atoms with Crippen LogP contribution >= 0.6 is 11.3 Å². The first-order valence-electron chi connectivity index (χ1n) is 8.84. The van der Waals surface area contributed by atoms with Crippen LogP contribution in [0.1, 0.15) is 24.8 Å². The molecule has 1 saturated heterocycles. The fraction of sp³-hybridized carbons (Fsp3) is 0.500. The van der Waals surface area contributed by atoms with Crippen molar-refractivity contribution < 1.29 is 14.3 Å². The molecule has 0 atom stereocenters. The molecule has 0 bridgehead atoms. The summed E-state index contributed by atoms with van der Waals surface area (Å²) in [5.74, 6) is 0. The van der Waals surface area contributed by atoms with Gasteiger partial charge in [-0.15, -0.1) is 11.3 Å². The monoisotopic (exact) mass is 376 g/mol. The summed E-state index contributed by atoms with van der Waals surface area (Å²) in [6.07, 6.45) is 1.20. The summed E-state index contributed by atoms with van der Waals surface area (Å²) < 4.78 is 6.14. The lowest BCUT2D eigenvalue weighted by atomic mass is 10.1. The second-order valence-electron chi connectivity index (χ2n) is 6.34. The maximum Gasteiger partial charge on any atom is 0.409 e. The van der Waals surface area contributed by atoms with Gasteiger partial charge in [0.1, 0.15) is 5.01 Å². The highest BCUT2D eigenvalue weighted by Crippen LogP contribution is 2.22. The highest BCUT2D eigenvalue weighted by atomic mass is 32.1. The molecule has 1 aromatic heterocycles. The molecule has 8 heteroatoms. The molecule has 1 fully saturated rings.